The SMILES string of the molecule is CN1CCOC(CN2CCC2)C1. The standard InChI is InChI=1S/C9H18N2O/c1-10-5-6-12-9(7-10)8-11-3-2-4-11/h9H,2-8H2,1H3. The van der Waals surface area contributed by atoms with Gasteiger partial charge in [0.1, 0.15) is 0 Å². The van der Waals surface area contributed by atoms with Gasteiger partial charge in [-0.25, -0.2) is 0 Å². The van der Waals surface area contributed by atoms with Crippen LogP contribution >= 0.6 is 0 Å². The molecule has 2 aliphatic heterocycles. The van der Waals surface area contributed by atoms with E-state index in [1.54, 1.807) is 0 Å². The number of ether oxygens (including phenoxy) is 1. The van der Waals surface area contributed by atoms with E-state index in [9.17, 15) is 0 Å². The summed E-state index contributed by atoms with van der Waals surface area (Å²) in [6.45, 7) is 6.82. The summed E-state index contributed by atoms with van der Waals surface area (Å²) in [6.07, 6.45) is 1.84. The second-order valence-electron chi connectivity index (χ2n) is 3.91. The first-order valence-electron chi connectivity index (χ1n) is 4.87. The number of likely N-dealkylation sites (tertiary alicyclic amines) is 1. The van der Waals surface area contributed by atoms with Crippen LogP contribution in [0.2, 0.25) is 0 Å². The lowest BCUT2D eigenvalue weighted by Gasteiger charge is -2.37. The van der Waals surface area contributed by atoms with Crippen LogP contribution in [0.5, 0.6) is 0 Å². The van der Waals surface area contributed by atoms with Crippen molar-refractivity contribution in [3.63, 3.8) is 0 Å². The number of hydrogen-bond donors (Lipinski definition) is 0. The van der Waals surface area contributed by atoms with Crippen LogP contribution in [0.3, 0.4) is 0 Å². The van der Waals surface area contributed by atoms with E-state index in [0.29, 0.717) is 6.10 Å². The zero-order valence-electron chi connectivity index (χ0n) is 7.83. The molecule has 0 N–H and O–H groups in total. The molecule has 0 spiro atoms. The van der Waals surface area contributed by atoms with Gasteiger partial charge in [0.15, 0.2) is 0 Å². The topological polar surface area (TPSA) is 15.7 Å². The van der Waals surface area contributed by atoms with Crippen LogP contribution in [0.25, 0.3) is 0 Å². The largest absolute Gasteiger partial charge is 0.374 e. The third-order valence-corrected chi connectivity index (χ3v) is 2.75. The van der Waals surface area contributed by atoms with Crippen LogP contribution in [0, 0.1) is 0 Å². The van der Waals surface area contributed by atoms with Crippen molar-refractivity contribution in [2.45, 2.75) is 12.5 Å². The van der Waals surface area contributed by atoms with E-state index >= 15 is 0 Å². The molecule has 0 aromatic carbocycles. The van der Waals surface area contributed by atoms with E-state index in [2.05, 4.69) is 16.8 Å². The zero-order chi connectivity index (χ0) is 8.39. The van der Waals surface area contributed by atoms with Gasteiger partial charge in [-0.3, -0.25) is 0 Å². The average molecular weight is 170 g/mol. The van der Waals surface area contributed by atoms with Crippen molar-refractivity contribution in [2.75, 3.05) is 46.4 Å². The third kappa shape index (κ3) is 1.97. The predicted octanol–water partition coefficient (Wildman–Crippen LogP) is 0.0227. The molecule has 3 heteroatoms. The van der Waals surface area contributed by atoms with Gasteiger partial charge in [-0.05, 0) is 26.6 Å². The highest BCUT2D eigenvalue weighted by Gasteiger charge is 2.23. The highest BCUT2D eigenvalue weighted by Crippen LogP contribution is 2.10. The Labute approximate surface area is 74.3 Å². The Balaban J connectivity index is 1.71. The van der Waals surface area contributed by atoms with Gasteiger partial charge in [-0.1, -0.05) is 0 Å². The molecule has 0 amide bonds. The van der Waals surface area contributed by atoms with Crippen molar-refractivity contribution >= 4 is 0 Å². The van der Waals surface area contributed by atoms with E-state index in [1.807, 2.05) is 0 Å². The normalized spacial score (nSPS) is 33.2. The fourth-order valence-electron chi connectivity index (χ4n) is 1.83. The van der Waals surface area contributed by atoms with Crippen molar-refractivity contribution in [1.29, 1.82) is 0 Å². The molecule has 12 heavy (non-hydrogen) atoms. The maximum Gasteiger partial charge on any atom is 0.0829 e. The Morgan fingerprint density at radius 1 is 1.33 bits per heavy atom. The smallest absolute Gasteiger partial charge is 0.0829 e. The summed E-state index contributed by atoms with van der Waals surface area (Å²) >= 11 is 0. The van der Waals surface area contributed by atoms with Crippen molar-refractivity contribution in [2.24, 2.45) is 0 Å². The predicted molar refractivity (Wildman–Crippen MR) is 48.3 cm³/mol. The molecule has 0 saturated carbocycles. The summed E-state index contributed by atoms with van der Waals surface area (Å²) < 4.78 is 5.67. The summed E-state index contributed by atoms with van der Waals surface area (Å²) in [4.78, 5) is 4.83. The fraction of sp³-hybridized carbons (Fsp3) is 1.00. The minimum atomic E-state index is 0.462. The third-order valence-electron chi connectivity index (χ3n) is 2.75. The van der Waals surface area contributed by atoms with E-state index in [4.69, 9.17) is 4.74 Å². The molecule has 3 nitrogen and oxygen atoms in total. The average Bonchev–Trinajstić information content (AvgIpc) is 1.97. The minimum Gasteiger partial charge on any atom is -0.374 e. The molecule has 2 fully saturated rings. The molecule has 2 rings (SSSR count). The minimum absolute atomic E-state index is 0.462. The summed E-state index contributed by atoms with van der Waals surface area (Å²) in [5.74, 6) is 0. The van der Waals surface area contributed by atoms with Crippen LogP contribution in [0.15, 0.2) is 0 Å². The Morgan fingerprint density at radius 2 is 2.17 bits per heavy atom. The number of morpholine rings is 1. The fourth-order valence-corrected chi connectivity index (χ4v) is 1.83. The van der Waals surface area contributed by atoms with Crippen molar-refractivity contribution in [3.05, 3.63) is 0 Å². The van der Waals surface area contributed by atoms with E-state index in [-0.39, 0.29) is 0 Å². The molecular weight excluding hydrogens is 152 g/mol. The Hall–Kier alpha value is -0.120. The molecule has 70 valence electrons. The van der Waals surface area contributed by atoms with Crippen LogP contribution in [-0.4, -0.2) is 62.3 Å². The van der Waals surface area contributed by atoms with Crippen molar-refractivity contribution in [1.82, 2.24) is 9.80 Å². The van der Waals surface area contributed by atoms with Gasteiger partial charge in [-0.2, -0.15) is 0 Å². The van der Waals surface area contributed by atoms with E-state index < -0.39 is 0 Å². The number of nitrogens with zero attached hydrogens (tertiary/aromatic N) is 2. The molecule has 2 aliphatic rings. The Morgan fingerprint density at radius 3 is 2.75 bits per heavy atom. The monoisotopic (exact) mass is 170 g/mol. The Bertz CT molecular complexity index is 147. The Kier molecular flexibility index (Phi) is 2.63. The lowest BCUT2D eigenvalue weighted by atomic mass is 10.2. The first-order chi connectivity index (χ1) is 5.84. The van der Waals surface area contributed by atoms with Crippen LogP contribution in [0.4, 0.5) is 0 Å². The van der Waals surface area contributed by atoms with Gasteiger partial charge in [0, 0.05) is 19.6 Å². The van der Waals surface area contributed by atoms with Gasteiger partial charge < -0.3 is 14.5 Å². The quantitative estimate of drug-likeness (QED) is 0.581. The maximum absolute atomic E-state index is 5.67. The second-order valence-corrected chi connectivity index (χ2v) is 3.91. The molecule has 0 aliphatic carbocycles. The molecule has 0 aromatic rings. The molecule has 0 aromatic heterocycles. The lowest BCUT2D eigenvalue weighted by Crippen LogP contribution is -2.49. The highest BCUT2D eigenvalue weighted by molar-refractivity contribution is 4.77. The maximum atomic E-state index is 5.67. The zero-order valence-corrected chi connectivity index (χ0v) is 7.83. The molecular formula is C9H18N2O. The summed E-state index contributed by atoms with van der Waals surface area (Å²) in [5, 5.41) is 0. The second kappa shape index (κ2) is 3.73. The highest BCUT2D eigenvalue weighted by atomic mass is 16.5. The van der Waals surface area contributed by atoms with E-state index in [0.717, 1.165) is 26.2 Å². The number of rotatable bonds is 2. The molecule has 0 radical (unpaired) electrons. The molecule has 2 saturated heterocycles. The van der Waals surface area contributed by atoms with Crippen molar-refractivity contribution < 1.29 is 4.74 Å². The van der Waals surface area contributed by atoms with E-state index in [1.165, 1.54) is 19.5 Å². The van der Waals surface area contributed by atoms with Gasteiger partial charge in [0.05, 0.1) is 12.7 Å². The number of likely N-dealkylation sites (N-methyl/N-ethyl adjacent to an activating group) is 1. The van der Waals surface area contributed by atoms with Crippen LogP contribution < -0.4 is 0 Å². The summed E-state index contributed by atoms with van der Waals surface area (Å²) in [7, 11) is 2.17. The van der Waals surface area contributed by atoms with Gasteiger partial charge >= 0.3 is 0 Å². The molecule has 1 atom stereocenters. The van der Waals surface area contributed by atoms with Crippen LogP contribution in [0.1, 0.15) is 6.42 Å². The number of hydrogen-bond acceptors (Lipinski definition) is 3. The lowest BCUT2D eigenvalue weighted by molar-refractivity contribution is -0.0435. The first kappa shape index (κ1) is 8.48. The molecule has 2 heterocycles. The first-order valence-corrected chi connectivity index (χ1v) is 4.87. The summed E-state index contributed by atoms with van der Waals surface area (Å²) in [6, 6.07) is 0. The van der Waals surface area contributed by atoms with Gasteiger partial charge in [-0.15, -0.1) is 0 Å². The van der Waals surface area contributed by atoms with Crippen molar-refractivity contribution in [3.8, 4) is 0 Å². The molecule has 1 unspecified atom stereocenters. The van der Waals surface area contributed by atoms with Gasteiger partial charge in [0.2, 0.25) is 0 Å². The molecule has 0 bridgehead atoms. The summed E-state index contributed by atoms with van der Waals surface area (Å²) in [5.41, 5.74) is 0. The van der Waals surface area contributed by atoms with Crippen LogP contribution in [-0.2, 0) is 4.74 Å². The van der Waals surface area contributed by atoms with Gasteiger partial charge in [0.25, 0.3) is 0 Å².